The molecule has 0 spiro atoms. The zero-order chi connectivity index (χ0) is 20.2. The van der Waals surface area contributed by atoms with Gasteiger partial charge < -0.3 is 4.74 Å². The van der Waals surface area contributed by atoms with Gasteiger partial charge in [0.1, 0.15) is 11.4 Å². The molecule has 3 aromatic rings. The molecular weight excluding hydrogens is 370 g/mol. The summed E-state index contributed by atoms with van der Waals surface area (Å²) in [4.78, 5) is 0.236. The third-order valence-electron chi connectivity index (χ3n) is 4.91. The molecule has 0 unspecified atom stereocenters. The number of benzene rings is 3. The Kier molecular flexibility index (Phi) is 5.87. The first-order valence-corrected chi connectivity index (χ1v) is 10.7. The van der Waals surface area contributed by atoms with Gasteiger partial charge in [-0.3, -0.25) is 0 Å². The third-order valence-corrected chi connectivity index (χ3v) is 6.47. The Morgan fingerprint density at radius 3 is 1.96 bits per heavy atom. The second kappa shape index (κ2) is 8.17. The standard InChI is InChI=1S/C23H25NO3S/c1-18-14-16-22(17-15-18)28(25,26)24-19(2)23(3,20-10-6-4-7-11-20)27-21-12-8-5-9-13-21/h4-17,19,24H,1-3H3/t19-,23+/m1/s1. The van der Waals surface area contributed by atoms with Gasteiger partial charge in [0.05, 0.1) is 10.9 Å². The van der Waals surface area contributed by atoms with E-state index in [1.54, 1.807) is 24.3 Å². The topological polar surface area (TPSA) is 55.4 Å². The van der Waals surface area contributed by atoms with Crippen LogP contribution in [0, 0.1) is 6.92 Å². The Morgan fingerprint density at radius 1 is 0.857 bits per heavy atom. The lowest BCUT2D eigenvalue weighted by molar-refractivity contribution is 0.0575. The van der Waals surface area contributed by atoms with E-state index in [1.165, 1.54) is 0 Å². The summed E-state index contributed by atoms with van der Waals surface area (Å²) < 4.78 is 35.0. The van der Waals surface area contributed by atoms with Gasteiger partial charge in [-0.25, -0.2) is 13.1 Å². The summed E-state index contributed by atoms with van der Waals surface area (Å²) in [5.74, 6) is 0.676. The molecule has 4 nitrogen and oxygen atoms in total. The number of para-hydroxylation sites is 1. The lowest BCUT2D eigenvalue weighted by Crippen LogP contribution is -2.50. The van der Waals surface area contributed by atoms with E-state index in [9.17, 15) is 8.42 Å². The minimum Gasteiger partial charge on any atom is -0.481 e. The van der Waals surface area contributed by atoms with Crippen molar-refractivity contribution in [2.24, 2.45) is 0 Å². The fourth-order valence-corrected chi connectivity index (χ4v) is 4.35. The van der Waals surface area contributed by atoms with Crippen molar-refractivity contribution in [3.05, 3.63) is 96.1 Å². The Morgan fingerprint density at radius 2 is 1.39 bits per heavy atom. The minimum atomic E-state index is -3.69. The largest absolute Gasteiger partial charge is 0.481 e. The number of hydrogen-bond acceptors (Lipinski definition) is 3. The number of nitrogens with one attached hydrogen (secondary N) is 1. The molecule has 1 N–H and O–H groups in total. The van der Waals surface area contributed by atoms with Gasteiger partial charge in [0.2, 0.25) is 10.0 Å². The zero-order valence-electron chi connectivity index (χ0n) is 16.3. The molecule has 0 aliphatic heterocycles. The Labute approximate surface area is 167 Å². The maximum absolute atomic E-state index is 12.9. The highest BCUT2D eigenvalue weighted by Gasteiger charge is 2.38. The van der Waals surface area contributed by atoms with Crippen molar-refractivity contribution in [2.75, 3.05) is 0 Å². The molecule has 5 heteroatoms. The summed E-state index contributed by atoms with van der Waals surface area (Å²) in [6.45, 7) is 5.64. The van der Waals surface area contributed by atoms with Crippen LogP contribution < -0.4 is 9.46 Å². The van der Waals surface area contributed by atoms with Gasteiger partial charge in [-0.15, -0.1) is 0 Å². The molecule has 0 aliphatic rings. The highest BCUT2D eigenvalue weighted by Crippen LogP contribution is 2.32. The van der Waals surface area contributed by atoms with Crippen LogP contribution in [0.4, 0.5) is 0 Å². The van der Waals surface area contributed by atoms with Crippen LogP contribution in [0.15, 0.2) is 89.8 Å². The molecule has 0 fully saturated rings. The molecule has 2 atom stereocenters. The minimum absolute atomic E-state index is 0.236. The van der Waals surface area contributed by atoms with Crippen molar-refractivity contribution < 1.29 is 13.2 Å². The average Bonchev–Trinajstić information content (AvgIpc) is 2.69. The van der Waals surface area contributed by atoms with E-state index in [2.05, 4.69) is 4.72 Å². The quantitative estimate of drug-likeness (QED) is 0.633. The van der Waals surface area contributed by atoms with Gasteiger partial charge in [0.25, 0.3) is 0 Å². The maximum Gasteiger partial charge on any atom is 0.240 e. The smallest absolute Gasteiger partial charge is 0.240 e. The van der Waals surface area contributed by atoms with Gasteiger partial charge >= 0.3 is 0 Å². The van der Waals surface area contributed by atoms with E-state index in [1.807, 2.05) is 81.4 Å². The normalized spacial score (nSPS) is 14.8. The lowest BCUT2D eigenvalue weighted by Gasteiger charge is -2.37. The lowest BCUT2D eigenvalue weighted by atomic mass is 9.89. The summed E-state index contributed by atoms with van der Waals surface area (Å²) in [7, 11) is -3.69. The maximum atomic E-state index is 12.9. The molecule has 0 bridgehead atoms. The number of rotatable bonds is 7. The molecule has 0 aromatic heterocycles. The molecule has 0 saturated carbocycles. The van der Waals surface area contributed by atoms with Crippen molar-refractivity contribution in [3.8, 4) is 5.75 Å². The molecule has 28 heavy (non-hydrogen) atoms. The van der Waals surface area contributed by atoms with Gasteiger partial charge in [-0.05, 0) is 50.6 Å². The van der Waals surface area contributed by atoms with E-state index in [0.717, 1.165) is 11.1 Å². The molecule has 3 aromatic carbocycles. The van der Waals surface area contributed by atoms with Crippen LogP contribution in [-0.2, 0) is 15.6 Å². The van der Waals surface area contributed by atoms with Crippen LogP contribution in [-0.4, -0.2) is 14.5 Å². The Hall–Kier alpha value is -2.63. The predicted octanol–water partition coefficient (Wildman–Crippen LogP) is 4.66. The molecule has 0 aliphatic carbocycles. The van der Waals surface area contributed by atoms with Crippen LogP contribution in [0.1, 0.15) is 25.0 Å². The van der Waals surface area contributed by atoms with Crippen molar-refractivity contribution >= 4 is 10.0 Å². The third kappa shape index (κ3) is 4.43. The summed E-state index contributed by atoms with van der Waals surface area (Å²) in [6.07, 6.45) is 0. The first-order chi connectivity index (χ1) is 13.3. The molecule has 0 saturated heterocycles. The van der Waals surface area contributed by atoms with Crippen LogP contribution in [0.2, 0.25) is 0 Å². The van der Waals surface area contributed by atoms with E-state index in [-0.39, 0.29) is 4.90 Å². The summed E-state index contributed by atoms with van der Waals surface area (Å²) >= 11 is 0. The van der Waals surface area contributed by atoms with Crippen LogP contribution in [0.25, 0.3) is 0 Å². The number of aryl methyl sites for hydroxylation is 1. The number of ether oxygens (including phenoxy) is 1. The second-order valence-corrected chi connectivity index (χ2v) is 8.76. The fourth-order valence-electron chi connectivity index (χ4n) is 3.03. The van der Waals surface area contributed by atoms with Gasteiger partial charge in [-0.1, -0.05) is 66.2 Å². The Bertz CT molecular complexity index is 1000. The highest BCUT2D eigenvalue weighted by molar-refractivity contribution is 7.89. The predicted molar refractivity (Wildman–Crippen MR) is 112 cm³/mol. The Balaban J connectivity index is 1.94. The average molecular weight is 396 g/mol. The van der Waals surface area contributed by atoms with E-state index < -0.39 is 21.7 Å². The molecule has 3 rings (SSSR count). The molecule has 0 radical (unpaired) electrons. The van der Waals surface area contributed by atoms with Gasteiger partial charge in [-0.2, -0.15) is 0 Å². The monoisotopic (exact) mass is 395 g/mol. The van der Waals surface area contributed by atoms with E-state index >= 15 is 0 Å². The first kappa shape index (κ1) is 20.1. The first-order valence-electron chi connectivity index (χ1n) is 9.20. The van der Waals surface area contributed by atoms with Crippen LogP contribution in [0.5, 0.6) is 5.75 Å². The molecule has 146 valence electrons. The van der Waals surface area contributed by atoms with Crippen molar-refractivity contribution in [3.63, 3.8) is 0 Å². The SMILES string of the molecule is Cc1ccc(S(=O)(=O)N[C@H](C)[C@](C)(Oc2ccccc2)c2ccccc2)cc1. The van der Waals surface area contributed by atoms with Crippen LogP contribution >= 0.6 is 0 Å². The van der Waals surface area contributed by atoms with Crippen LogP contribution in [0.3, 0.4) is 0 Å². The summed E-state index contributed by atoms with van der Waals surface area (Å²) in [6, 6.07) is 25.3. The van der Waals surface area contributed by atoms with Gasteiger partial charge in [0.15, 0.2) is 0 Å². The van der Waals surface area contributed by atoms with Crippen molar-refractivity contribution in [1.29, 1.82) is 0 Å². The number of hydrogen-bond donors (Lipinski definition) is 1. The van der Waals surface area contributed by atoms with Crippen molar-refractivity contribution in [1.82, 2.24) is 4.72 Å². The van der Waals surface area contributed by atoms with Crippen molar-refractivity contribution in [2.45, 2.75) is 37.3 Å². The second-order valence-electron chi connectivity index (χ2n) is 7.04. The highest BCUT2D eigenvalue weighted by atomic mass is 32.2. The molecule has 0 amide bonds. The summed E-state index contributed by atoms with van der Waals surface area (Å²) in [5.41, 5.74) is 0.993. The van der Waals surface area contributed by atoms with E-state index in [4.69, 9.17) is 4.74 Å². The summed E-state index contributed by atoms with van der Waals surface area (Å²) in [5, 5.41) is 0. The zero-order valence-corrected chi connectivity index (χ0v) is 17.1. The van der Waals surface area contributed by atoms with Gasteiger partial charge in [0, 0.05) is 0 Å². The fraction of sp³-hybridized carbons (Fsp3) is 0.217. The molecular formula is C23H25NO3S. The number of sulfonamides is 1. The van der Waals surface area contributed by atoms with E-state index in [0.29, 0.717) is 5.75 Å². The molecule has 0 heterocycles.